The Morgan fingerprint density at radius 2 is 1.43 bits per heavy atom. The van der Waals surface area contributed by atoms with E-state index in [1.807, 2.05) is 13.1 Å². The molecule has 0 aromatic rings. The van der Waals surface area contributed by atoms with E-state index in [0.29, 0.717) is 0 Å². The van der Waals surface area contributed by atoms with Gasteiger partial charge in [-0.2, -0.15) is 0 Å². The maximum atomic E-state index is 13.6. The van der Waals surface area contributed by atoms with E-state index in [0.717, 1.165) is 0 Å². The molecule has 2 N–H and O–H groups in total. The van der Waals surface area contributed by atoms with Crippen LogP contribution in [0.25, 0.3) is 0 Å². The maximum absolute atomic E-state index is 13.6. The van der Waals surface area contributed by atoms with Gasteiger partial charge in [0.2, 0.25) is 5.78 Å². The maximum Gasteiger partial charge on any atom is 0.202 e. The highest BCUT2D eigenvalue weighted by Gasteiger charge is 2.64. The summed E-state index contributed by atoms with van der Waals surface area (Å²) in [4.78, 5) is 26.2. The summed E-state index contributed by atoms with van der Waals surface area (Å²) in [6.45, 7) is 20.6. The highest BCUT2D eigenvalue weighted by atomic mass is 28.4. The molecule has 0 aliphatic heterocycles. The van der Waals surface area contributed by atoms with Crippen molar-refractivity contribution in [1.29, 1.82) is 0 Å². The van der Waals surface area contributed by atoms with Gasteiger partial charge in [0.05, 0.1) is 6.10 Å². The SMILES string of the molecule is CC(C)(C)[Si](C)(C)O[C@@H]1[C@@H](O)[C@H]2CC=CC(=O)[C@@]2(O)C(=O)[C@H]1O[Si](C)(C)C(C)(C)C. The lowest BCUT2D eigenvalue weighted by molar-refractivity contribution is -0.192. The number of carbonyl (C=O) groups excluding carboxylic acids is 2. The van der Waals surface area contributed by atoms with Crippen molar-refractivity contribution < 1.29 is 28.7 Å². The van der Waals surface area contributed by atoms with Crippen LogP contribution in [-0.2, 0) is 18.4 Å². The molecule has 0 saturated heterocycles. The van der Waals surface area contributed by atoms with Crippen molar-refractivity contribution >= 4 is 28.2 Å². The zero-order chi connectivity index (χ0) is 23.5. The molecule has 5 atom stereocenters. The van der Waals surface area contributed by atoms with Crippen LogP contribution in [0.3, 0.4) is 0 Å². The monoisotopic (exact) mass is 456 g/mol. The molecule has 0 bridgehead atoms. The van der Waals surface area contributed by atoms with Crippen molar-refractivity contribution in [2.45, 2.75) is 108 Å². The lowest BCUT2D eigenvalue weighted by atomic mass is 9.65. The van der Waals surface area contributed by atoms with Crippen molar-refractivity contribution in [3.63, 3.8) is 0 Å². The van der Waals surface area contributed by atoms with Gasteiger partial charge in [-0.3, -0.25) is 9.59 Å². The fourth-order valence-electron chi connectivity index (χ4n) is 3.53. The molecule has 172 valence electrons. The Morgan fingerprint density at radius 3 is 1.90 bits per heavy atom. The fourth-order valence-corrected chi connectivity index (χ4v) is 6.06. The van der Waals surface area contributed by atoms with Crippen LogP contribution < -0.4 is 0 Å². The summed E-state index contributed by atoms with van der Waals surface area (Å²) in [5.41, 5.74) is -2.27. The third-order valence-electron chi connectivity index (χ3n) is 7.72. The van der Waals surface area contributed by atoms with E-state index >= 15 is 0 Å². The average Bonchev–Trinajstić information content (AvgIpc) is 2.56. The molecule has 2 aliphatic carbocycles. The molecule has 0 radical (unpaired) electrons. The first-order chi connectivity index (χ1) is 13.3. The predicted molar refractivity (Wildman–Crippen MR) is 122 cm³/mol. The van der Waals surface area contributed by atoms with Gasteiger partial charge in [-0.1, -0.05) is 47.6 Å². The Morgan fingerprint density at radius 1 is 0.967 bits per heavy atom. The summed E-state index contributed by atoms with van der Waals surface area (Å²) in [5, 5.41) is 22.2. The molecule has 1 saturated carbocycles. The van der Waals surface area contributed by atoms with Gasteiger partial charge in [0.1, 0.15) is 12.2 Å². The highest BCUT2D eigenvalue weighted by Crippen LogP contribution is 2.46. The molecular weight excluding hydrogens is 416 g/mol. The summed E-state index contributed by atoms with van der Waals surface area (Å²) >= 11 is 0. The van der Waals surface area contributed by atoms with Gasteiger partial charge in [-0.15, -0.1) is 0 Å². The van der Waals surface area contributed by atoms with Crippen LogP contribution >= 0.6 is 0 Å². The van der Waals surface area contributed by atoms with Crippen LogP contribution in [0.5, 0.6) is 0 Å². The quantitative estimate of drug-likeness (QED) is 0.496. The van der Waals surface area contributed by atoms with E-state index < -0.39 is 58.0 Å². The van der Waals surface area contributed by atoms with Crippen LogP contribution in [-0.4, -0.2) is 62.3 Å². The van der Waals surface area contributed by atoms with Gasteiger partial charge in [-0.25, -0.2) is 0 Å². The normalized spacial score (nSPS) is 33.6. The molecule has 8 heteroatoms. The standard InChI is InChI=1S/C22H40O6Si2/c1-20(2,3)29(7,8)27-17-16(24)14-12-11-13-15(23)22(14,26)19(25)18(17)28-30(9,10)21(4,5)6/h11,13-14,16-18,24,26H,12H2,1-10H3/t14-,16+,17-,18+,22-/m1/s1. The molecule has 0 spiro atoms. The Hall–Kier alpha value is -0.646. The van der Waals surface area contributed by atoms with Crippen molar-refractivity contribution in [3.05, 3.63) is 12.2 Å². The smallest absolute Gasteiger partial charge is 0.202 e. The van der Waals surface area contributed by atoms with Gasteiger partial charge in [0, 0.05) is 5.92 Å². The second-order valence-corrected chi connectivity index (χ2v) is 21.4. The van der Waals surface area contributed by atoms with Crippen LogP contribution in [0.4, 0.5) is 0 Å². The van der Waals surface area contributed by atoms with Crippen molar-refractivity contribution in [1.82, 2.24) is 0 Å². The third kappa shape index (κ3) is 4.19. The van der Waals surface area contributed by atoms with Gasteiger partial charge in [0.15, 0.2) is 28.0 Å². The average molecular weight is 457 g/mol. The van der Waals surface area contributed by atoms with Crippen molar-refractivity contribution in [2.75, 3.05) is 0 Å². The number of allylic oxidation sites excluding steroid dienone is 1. The number of aliphatic hydroxyl groups is 2. The Kier molecular flexibility index (Phi) is 6.61. The number of hydrogen-bond donors (Lipinski definition) is 2. The van der Waals surface area contributed by atoms with E-state index in [-0.39, 0.29) is 16.5 Å². The summed E-state index contributed by atoms with van der Waals surface area (Å²) in [6.07, 6.45) is -0.218. The Balaban J connectivity index is 2.57. The number of fused-ring (bicyclic) bond motifs is 1. The summed E-state index contributed by atoms with van der Waals surface area (Å²) in [7, 11) is -4.86. The summed E-state index contributed by atoms with van der Waals surface area (Å²) < 4.78 is 13.0. The van der Waals surface area contributed by atoms with Gasteiger partial charge in [-0.05, 0) is 48.8 Å². The van der Waals surface area contributed by atoms with Crippen LogP contribution in [0.1, 0.15) is 48.0 Å². The molecule has 0 aromatic heterocycles. The topological polar surface area (TPSA) is 93.1 Å². The molecule has 30 heavy (non-hydrogen) atoms. The number of Topliss-reactive ketones (excluding diaryl/α,β-unsaturated/α-hetero) is 1. The molecular formula is C22H40O6Si2. The van der Waals surface area contributed by atoms with E-state index in [2.05, 4.69) is 54.6 Å². The Bertz CT molecular complexity index is 731. The molecule has 2 rings (SSSR count). The first-order valence-corrected chi connectivity index (χ1v) is 16.6. The van der Waals surface area contributed by atoms with Gasteiger partial charge >= 0.3 is 0 Å². The second-order valence-electron chi connectivity index (χ2n) is 11.9. The summed E-state index contributed by atoms with van der Waals surface area (Å²) in [5.74, 6) is -2.30. The van der Waals surface area contributed by atoms with E-state index in [1.54, 1.807) is 6.08 Å². The van der Waals surface area contributed by atoms with Gasteiger partial charge < -0.3 is 19.1 Å². The molecule has 0 aromatic carbocycles. The minimum atomic E-state index is -2.48. The molecule has 0 unspecified atom stereocenters. The number of carbonyl (C=O) groups is 2. The van der Waals surface area contributed by atoms with Crippen LogP contribution in [0.2, 0.25) is 36.3 Å². The van der Waals surface area contributed by atoms with Crippen LogP contribution in [0, 0.1) is 5.92 Å². The molecule has 1 fully saturated rings. The number of hydrogen-bond acceptors (Lipinski definition) is 6. The minimum absolute atomic E-state index is 0.146. The molecule has 2 aliphatic rings. The first-order valence-electron chi connectivity index (χ1n) is 10.8. The fraction of sp³-hybridized carbons (Fsp3) is 0.818. The van der Waals surface area contributed by atoms with Crippen molar-refractivity contribution in [2.24, 2.45) is 5.92 Å². The summed E-state index contributed by atoms with van der Waals surface area (Å²) in [6, 6.07) is 0. The largest absolute Gasteiger partial charge is 0.408 e. The first kappa shape index (κ1) is 25.6. The number of aliphatic hydroxyl groups excluding tert-OH is 1. The second kappa shape index (κ2) is 7.74. The zero-order valence-electron chi connectivity index (χ0n) is 20.2. The van der Waals surface area contributed by atoms with E-state index in [4.69, 9.17) is 8.85 Å². The third-order valence-corrected chi connectivity index (χ3v) is 16.6. The molecule has 6 nitrogen and oxygen atoms in total. The lowest BCUT2D eigenvalue weighted by Crippen LogP contribution is -2.72. The number of ketones is 2. The van der Waals surface area contributed by atoms with E-state index in [1.165, 1.54) is 6.08 Å². The zero-order valence-corrected chi connectivity index (χ0v) is 22.2. The van der Waals surface area contributed by atoms with Crippen LogP contribution in [0.15, 0.2) is 12.2 Å². The predicted octanol–water partition coefficient (Wildman–Crippen LogP) is 3.59. The lowest BCUT2D eigenvalue weighted by Gasteiger charge is -2.53. The molecule has 0 heterocycles. The number of rotatable bonds is 4. The van der Waals surface area contributed by atoms with E-state index in [9.17, 15) is 19.8 Å². The van der Waals surface area contributed by atoms with Crippen molar-refractivity contribution in [3.8, 4) is 0 Å². The molecule has 0 amide bonds. The Labute approximate surface area is 183 Å². The minimum Gasteiger partial charge on any atom is -0.408 e. The van der Waals surface area contributed by atoms with Gasteiger partial charge in [0.25, 0.3) is 0 Å². The highest BCUT2D eigenvalue weighted by molar-refractivity contribution is 6.74.